The summed E-state index contributed by atoms with van der Waals surface area (Å²) < 4.78 is 24.7. The topological polar surface area (TPSA) is 64.0 Å². The van der Waals surface area contributed by atoms with Crippen LogP contribution in [0.5, 0.6) is 0 Å². The Morgan fingerprint density at radius 2 is 2.12 bits per heavy atom. The fraction of sp³-hybridized carbons (Fsp3) is 0.727. The summed E-state index contributed by atoms with van der Waals surface area (Å²) in [5.74, 6) is 0.342. The normalized spacial score (nSPS) is 13.6. The Morgan fingerprint density at radius 1 is 1.47 bits per heavy atom. The van der Waals surface area contributed by atoms with E-state index in [0.717, 1.165) is 17.8 Å². The molecule has 1 rings (SSSR count). The Bertz CT molecular complexity index is 465. The molecule has 0 aliphatic rings. The van der Waals surface area contributed by atoms with Crippen LogP contribution in [-0.4, -0.2) is 35.7 Å². The maximum atomic E-state index is 11.5. The third-order valence-electron chi connectivity index (χ3n) is 2.59. The van der Waals surface area contributed by atoms with Gasteiger partial charge in [0.2, 0.25) is 0 Å². The summed E-state index contributed by atoms with van der Waals surface area (Å²) in [5.41, 5.74) is 1.89. The van der Waals surface area contributed by atoms with Gasteiger partial charge in [-0.1, -0.05) is 13.8 Å². The highest BCUT2D eigenvalue weighted by atomic mass is 32.2. The summed E-state index contributed by atoms with van der Waals surface area (Å²) in [6.45, 7) is 5.57. The van der Waals surface area contributed by atoms with Crippen molar-refractivity contribution in [1.29, 1.82) is 0 Å². The van der Waals surface area contributed by atoms with Crippen LogP contribution in [0.1, 0.15) is 26.5 Å². The zero-order valence-corrected chi connectivity index (χ0v) is 11.7. The van der Waals surface area contributed by atoms with E-state index >= 15 is 0 Å². The molecule has 0 saturated carbocycles. The molecule has 1 heterocycles. The minimum Gasteiger partial charge on any atom is -0.379 e. The first-order valence-corrected chi connectivity index (χ1v) is 7.69. The lowest BCUT2D eigenvalue weighted by Gasteiger charge is -2.14. The molecule has 98 valence electrons. The van der Waals surface area contributed by atoms with Crippen LogP contribution in [0.15, 0.2) is 6.20 Å². The van der Waals surface area contributed by atoms with Gasteiger partial charge in [-0.2, -0.15) is 5.10 Å². The summed E-state index contributed by atoms with van der Waals surface area (Å²) in [6, 6.07) is -0.102. The number of rotatable bonds is 6. The van der Waals surface area contributed by atoms with Crippen molar-refractivity contribution in [2.75, 3.05) is 16.8 Å². The zero-order chi connectivity index (χ0) is 13.1. The van der Waals surface area contributed by atoms with E-state index < -0.39 is 9.84 Å². The van der Waals surface area contributed by atoms with Gasteiger partial charge < -0.3 is 5.32 Å². The molecule has 0 saturated heterocycles. The van der Waals surface area contributed by atoms with Gasteiger partial charge in [0.05, 0.1) is 17.1 Å². The van der Waals surface area contributed by atoms with Crippen LogP contribution in [0.3, 0.4) is 0 Å². The van der Waals surface area contributed by atoms with Gasteiger partial charge >= 0.3 is 0 Å². The van der Waals surface area contributed by atoms with E-state index in [4.69, 9.17) is 0 Å². The fourth-order valence-corrected chi connectivity index (χ4v) is 2.80. The van der Waals surface area contributed by atoms with Crippen molar-refractivity contribution >= 4 is 15.5 Å². The Hall–Kier alpha value is -1.04. The second-order valence-corrected chi connectivity index (χ2v) is 6.66. The van der Waals surface area contributed by atoms with Crippen LogP contribution in [0.2, 0.25) is 0 Å². The first kappa shape index (κ1) is 14.0. The van der Waals surface area contributed by atoms with E-state index in [2.05, 4.69) is 10.4 Å². The number of hydrogen-bond donors (Lipinski definition) is 1. The van der Waals surface area contributed by atoms with E-state index in [-0.39, 0.29) is 17.5 Å². The maximum Gasteiger partial charge on any atom is 0.152 e. The van der Waals surface area contributed by atoms with Crippen LogP contribution >= 0.6 is 0 Å². The molecule has 0 bridgehead atoms. The minimum atomic E-state index is -2.94. The number of nitrogens with one attached hydrogen (secondary N) is 1. The van der Waals surface area contributed by atoms with Gasteiger partial charge in [-0.05, 0) is 13.3 Å². The smallest absolute Gasteiger partial charge is 0.152 e. The van der Waals surface area contributed by atoms with E-state index in [1.54, 1.807) is 11.6 Å². The van der Waals surface area contributed by atoms with Gasteiger partial charge in [-0.3, -0.25) is 4.68 Å². The van der Waals surface area contributed by atoms with Crippen molar-refractivity contribution in [2.24, 2.45) is 7.05 Å². The van der Waals surface area contributed by atoms with E-state index in [9.17, 15) is 8.42 Å². The Kier molecular flexibility index (Phi) is 4.56. The first-order valence-electron chi connectivity index (χ1n) is 5.87. The van der Waals surface area contributed by atoms with Crippen LogP contribution in [0.25, 0.3) is 0 Å². The lowest BCUT2D eigenvalue weighted by molar-refractivity contribution is 0.593. The first-order chi connectivity index (χ1) is 7.88. The molecule has 5 nitrogen and oxygen atoms in total. The highest BCUT2D eigenvalue weighted by Crippen LogP contribution is 2.15. The predicted octanol–water partition coefficient (Wildman–Crippen LogP) is 1.22. The zero-order valence-electron chi connectivity index (χ0n) is 10.9. The Morgan fingerprint density at radius 3 is 2.65 bits per heavy atom. The number of anilines is 1. The molecular weight excluding hydrogens is 238 g/mol. The summed E-state index contributed by atoms with van der Waals surface area (Å²) in [6.07, 6.45) is 2.71. The van der Waals surface area contributed by atoms with Crippen LogP contribution < -0.4 is 5.32 Å². The number of hydrogen-bond acceptors (Lipinski definition) is 4. The highest BCUT2D eigenvalue weighted by molar-refractivity contribution is 7.91. The molecule has 0 aromatic carbocycles. The van der Waals surface area contributed by atoms with Crippen molar-refractivity contribution in [1.82, 2.24) is 9.78 Å². The van der Waals surface area contributed by atoms with Gasteiger partial charge in [0.1, 0.15) is 0 Å². The fourth-order valence-electron chi connectivity index (χ4n) is 1.72. The standard InChI is InChI=1S/C11H21N3O2S/c1-5-10-11(7-14(4)13-10)12-9(3)8-17(15,16)6-2/h7,9,12H,5-6,8H2,1-4H3. The van der Waals surface area contributed by atoms with E-state index in [1.807, 2.05) is 27.1 Å². The Labute approximate surface area is 103 Å². The number of aryl methyl sites for hydroxylation is 2. The molecule has 0 fully saturated rings. The third kappa shape index (κ3) is 4.03. The van der Waals surface area contributed by atoms with Gasteiger partial charge in [-0.15, -0.1) is 0 Å². The molecule has 0 amide bonds. The summed E-state index contributed by atoms with van der Waals surface area (Å²) in [4.78, 5) is 0. The summed E-state index contributed by atoms with van der Waals surface area (Å²) >= 11 is 0. The van der Waals surface area contributed by atoms with Crippen LogP contribution in [0, 0.1) is 0 Å². The van der Waals surface area contributed by atoms with E-state index in [1.165, 1.54) is 0 Å². The summed E-state index contributed by atoms with van der Waals surface area (Å²) in [7, 11) is -1.08. The van der Waals surface area contributed by atoms with Gasteiger partial charge in [0.25, 0.3) is 0 Å². The highest BCUT2D eigenvalue weighted by Gasteiger charge is 2.15. The van der Waals surface area contributed by atoms with Gasteiger partial charge in [-0.25, -0.2) is 8.42 Å². The quantitative estimate of drug-likeness (QED) is 0.834. The molecule has 6 heteroatoms. The monoisotopic (exact) mass is 259 g/mol. The lowest BCUT2D eigenvalue weighted by Crippen LogP contribution is -2.26. The van der Waals surface area contributed by atoms with Crippen molar-refractivity contribution in [3.8, 4) is 0 Å². The largest absolute Gasteiger partial charge is 0.379 e. The van der Waals surface area contributed by atoms with Crippen molar-refractivity contribution in [3.05, 3.63) is 11.9 Å². The molecule has 1 unspecified atom stereocenters. The minimum absolute atomic E-state index is 0.102. The molecule has 0 aliphatic heterocycles. The molecule has 0 radical (unpaired) electrons. The molecule has 0 aliphatic carbocycles. The van der Waals surface area contributed by atoms with E-state index in [0.29, 0.717) is 0 Å². The van der Waals surface area contributed by atoms with Gasteiger partial charge in [0.15, 0.2) is 9.84 Å². The number of aromatic nitrogens is 2. The van der Waals surface area contributed by atoms with Crippen molar-refractivity contribution in [3.63, 3.8) is 0 Å². The molecule has 1 atom stereocenters. The van der Waals surface area contributed by atoms with Crippen molar-refractivity contribution in [2.45, 2.75) is 33.2 Å². The average Bonchev–Trinajstić information content (AvgIpc) is 2.57. The van der Waals surface area contributed by atoms with Crippen molar-refractivity contribution < 1.29 is 8.42 Å². The van der Waals surface area contributed by atoms with Crippen LogP contribution in [0.4, 0.5) is 5.69 Å². The molecule has 0 spiro atoms. The molecule has 1 aromatic heterocycles. The predicted molar refractivity (Wildman–Crippen MR) is 70.0 cm³/mol. The third-order valence-corrected chi connectivity index (χ3v) is 4.47. The maximum absolute atomic E-state index is 11.5. The second-order valence-electron chi connectivity index (χ2n) is 4.26. The SMILES string of the molecule is CCc1nn(C)cc1NC(C)CS(=O)(=O)CC. The lowest BCUT2D eigenvalue weighted by atomic mass is 10.3. The molecule has 1 aromatic rings. The molecular formula is C11H21N3O2S. The van der Waals surface area contributed by atoms with Crippen LogP contribution in [-0.2, 0) is 23.3 Å². The Balaban J connectivity index is 2.71. The summed E-state index contributed by atoms with van der Waals surface area (Å²) in [5, 5.41) is 7.51. The molecule has 1 N–H and O–H groups in total. The molecule has 17 heavy (non-hydrogen) atoms. The van der Waals surface area contributed by atoms with Gasteiger partial charge in [0, 0.05) is 25.0 Å². The number of nitrogens with zero attached hydrogens (tertiary/aromatic N) is 2. The number of sulfone groups is 1. The second kappa shape index (κ2) is 5.53. The average molecular weight is 259 g/mol.